The lowest BCUT2D eigenvalue weighted by Gasteiger charge is -2.11. The van der Waals surface area contributed by atoms with E-state index in [0.717, 1.165) is 16.8 Å². The van der Waals surface area contributed by atoms with Crippen molar-refractivity contribution in [3.05, 3.63) is 116 Å². The highest BCUT2D eigenvalue weighted by Gasteiger charge is 2.21. The quantitative estimate of drug-likeness (QED) is 0.307. The Morgan fingerprint density at radius 3 is 2.24 bits per heavy atom. The van der Waals surface area contributed by atoms with Crippen LogP contribution in [0.25, 0.3) is 0 Å². The average Bonchev–Trinajstić information content (AvgIpc) is 3.08. The highest BCUT2D eigenvalue weighted by molar-refractivity contribution is 6.42. The van der Waals surface area contributed by atoms with Crippen LogP contribution < -0.4 is 5.32 Å². The summed E-state index contributed by atoms with van der Waals surface area (Å²) in [6, 6.07) is 19.6. The molecule has 0 radical (unpaired) electrons. The number of anilines is 1. The smallest absolute Gasteiger partial charge is 0.256 e. The summed E-state index contributed by atoms with van der Waals surface area (Å²) in [6.07, 6.45) is 0. The van der Waals surface area contributed by atoms with Crippen LogP contribution >= 0.6 is 23.2 Å². The van der Waals surface area contributed by atoms with Gasteiger partial charge in [0.2, 0.25) is 0 Å². The Balaban J connectivity index is 1.60. The van der Waals surface area contributed by atoms with Gasteiger partial charge in [0.1, 0.15) is 0 Å². The Kier molecular flexibility index (Phi) is 6.87. The van der Waals surface area contributed by atoms with Crippen molar-refractivity contribution < 1.29 is 9.59 Å². The Bertz CT molecular complexity index is 1390. The number of carbonyl (C=O) groups is 2. The standard InChI is InChI=1S/C27H23Cl2N3O2/c1-16-8-11-20(12-9-16)26(33)21-6-4-5-7-22(21)27(34)30-25-17(2)31-32(18(25)3)15-19-10-13-23(28)24(29)14-19/h4-14H,15H2,1-3H3,(H,30,34). The Hall–Kier alpha value is -3.41. The maximum absolute atomic E-state index is 13.2. The highest BCUT2D eigenvalue weighted by atomic mass is 35.5. The maximum Gasteiger partial charge on any atom is 0.256 e. The molecule has 1 heterocycles. The third-order valence-corrected chi connectivity index (χ3v) is 6.41. The van der Waals surface area contributed by atoms with Crippen molar-refractivity contribution >= 4 is 40.6 Å². The van der Waals surface area contributed by atoms with Crippen molar-refractivity contribution in [3.63, 3.8) is 0 Å². The molecule has 5 nitrogen and oxygen atoms in total. The molecular formula is C27H23Cl2N3O2. The van der Waals surface area contributed by atoms with Crippen LogP contribution in [0.3, 0.4) is 0 Å². The Labute approximate surface area is 208 Å². The molecule has 0 aliphatic heterocycles. The number of halogens is 2. The van der Waals surface area contributed by atoms with E-state index in [1.54, 1.807) is 53.2 Å². The predicted molar refractivity (Wildman–Crippen MR) is 136 cm³/mol. The minimum absolute atomic E-state index is 0.200. The van der Waals surface area contributed by atoms with Gasteiger partial charge < -0.3 is 5.32 Å². The van der Waals surface area contributed by atoms with Gasteiger partial charge in [-0.15, -0.1) is 0 Å². The lowest BCUT2D eigenvalue weighted by Crippen LogP contribution is -2.18. The van der Waals surface area contributed by atoms with E-state index in [0.29, 0.717) is 44.7 Å². The normalized spacial score (nSPS) is 10.9. The first-order valence-corrected chi connectivity index (χ1v) is 11.5. The monoisotopic (exact) mass is 491 g/mol. The average molecular weight is 492 g/mol. The van der Waals surface area contributed by atoms with Gasteiger partial charge in [0, 0.05) is 11.1 Å². The van der Waals surface area contributed by atoms with E-state index in [2.05, 4.69) is 10.4 Å². The fourth-order valence-electron chi connectivity index (χ4n) is 3.76. The number of aryl methyl sites for hydroxylation is 2. The minimum Gasteiger partial charge on any atom is -0.319 e. The van der Waals surface area contributed by atoms with Crippen molar-refractivity contribution in [2.45, 2.75) is 27.3 Å². The van der Waals surface area contributed by atoms with E-state index in [1.807, 2.05) is 39.0 Å². The fourth-order valence-corrected chi connectivity index (χ4v) is 4.08. The van der Waals surface area contributed by atoms with Crippen LogP contribution in [0.5, 0.6) is 0 Å². The second-order valence-electron chi connectivity index (χ2n) is 8.15. The van der Waals surface area contributed by atoms with E-state index in [4.69, 9.17) is 23.2 Å². The lowest BCUT2D eigenvalue weighted by atomic mass is 9.97. The molecule has 1 aromatic heterocycles. The van der Waals surface area contributed by atoms with Crippen LogP contribution in [0, 0.1) is 20.8 Å². The van der Waals surface area contributed by atoms with Crippen LogP contribution in [0.2, 0.25) is 10.0 Å². The van der Waals surface area contributed by atoms with Gasteiger partial charge in [-0.05, 0) is 44.5 Å². The summed E-state index contributed by atoms with van der Waals surface area (Å²) in [6.45, 7) is 6.15. The summed E-state index contributed by atoms with van der Waals surface area (Å²) in [4.78, 5) is 26.4. The van der Waals surface area contributed by atoms with Crippen molar-refractivity contribution in [2.24, 2.45) is 0 Å². The van der Waals surface area contributed by atoms with E-state index < -0.39 is 0 Å². The summed E-state index contributed by atoms with van der Waals surface area (Å²) in [5.41, 5.74) is 5.27. The highest BCUT2D eigenvalue weighted by Crippen LogP contribution is 2.26. The molecule has 7 heteroatoms. The second-order valence-corrected chi connectivity index (χ2v) is 8.96. The molecule has 172 valence electrons. The summed E-state index contributed by atoms with van der Waals surface area (Å²) >= 11 is 12.2. The molecule has 0 fully saturated rings. The van der Waals surface area contributed by atoms with Crippen molar-refractivity contribution in [1.29, 1.82) is 0 Å². The van der Waals surface area contributed by atoms with Gasteiger partial charge >= 0.3 is 0 Å². The minimum atomic E-state index is -0.364. The van der Waals surface area contributed by atoms with Gasteiger partial charge in [-0.3, -0.25) is 14.3 Å². The van der Waals surface area contributed by atoms with E-state index in [-0.39, 0.29) is 11.7 Å². The molecule has 1 N–H and O–H groups in total. The third kappa shape index (κ3) is 4.91. The number of nitrogens with zero attached hydrogens (tertiary/aromatic N) is 2. The summed E-state index contributed by atoms with van der Waals surface area (Å²) in [5, 5.41) is 8.50. The summed E-state index contributed by atoms with van der Waals surface area (Å²) in [7, 11) is 0. The topological polar surface area (TPSA) is 64.0 Å². The molecule has 34 heavy (non-hydrogen) atoms. The Morgan fingerprint density at radius 2 is 1.56 bits per heavy atom. The molecule has 4 rings (SSSR count). The van der Waals surface area contributed by atoms with Gasteiger partial charge in [-0.1, -0.05) is 77.3 Å². The molecule has 0 aliphatic carbocycles. The number of hydrogen-bond donors (Lipinski definition) is 1. The number of rotatable bonds is 6. The molecule has 0 saturated heterocycles. The van der Waals surface area contributed by atoms with Crippen molar-refractivity contribution in [1.82, 2.24) is 9.78 Å². The SMILES string of the molecule is Cc1ccc(C(=O)c2ccccc2C(=O)Nc2c(C)nn(Cc3ccc(Cl)c(Cl)c3)c2C)cc1. The molecule has 0 aliphatic rings. The van der Waals surface area contributed by atoms with Gasteiger partial charge in [0.25, 0.3) is 5.91 Å². The lowest BCUT2D eigenvalue weighted by molar-refractivity contribution is 0.0996. The Morgan fingerprint density at radius 1 is 0.882 bits per heavy atom. The molecule has 0 saturated carbocycles. The van der Waals surface area contributed by atoms with Crippen LogP contribution in [0.1, 0.15) is 48.8 Å². The number of nitrogens with one attached hydrogen (secondary N) is 1. The molecular weight excluding hydrogens is 469 g/mol. The first-order chi connectivity index (χ1) is 16.2. The predicted octanol–water partition coefficient (Wildman–Crippen LogP) is 6.65. The van der Waals surface area contributed by atoms with Crippen LogP contribution in [0.4, 0.5) is 5.69 Å². The largest absolute Gasteiger partial charge is 0.319 e. The van der Waals surface area contributed by atoms with Crippen LogP contribution in [0.15, 0.2) is 66.7 Å². The first-order valence-electron chi connectivity index (χ1n) is 10.7. The maximum atomic E-state index is 13.2. The molecule has 0 unspecified atom stereocenters. The number of hydrogen-bond acceptors (Lipinski definition) is 3. The second kappa shape index (κ2) is 9.84. The van der Waals surface area contributed by atoms with Gasteiger partial charge in [-0.2, -0.15) is 5.10 Å². The van der Waals surface area contributed by atoms with Gasteiger partial charge in [0.15, 0.2) is 5.78 Å². The zero-order chi connectivity index (χ0) is 24.4. The fraction of sp³-hybridized carbons (Fsp3) is 0.148. The zero-order valence-electron chi connectivity index (χ0n) is 19.0. The number of amides is 1. The zero-order valence-corrected chi connectivity index (χ0v) is 20.5. The number of carbonyl (C=O) groups excluding carboxylic acids is 2. The number of benzene rings is 3. The van der Waals surface area contributed by atoms with Crippen LogP contribution in [-0.4, -0.2) is 21.5 Å². The van der Waals surface area contributed by atoms with Crippen LogP contribution in [-0.2, 0) is 6.54 Å². The third-order valence-electron chi connectivity index (χ3n) is 5.67. The van der Waals surface area contributed by atoms with Crippen molar-refractivity contribution in [2.75, 3.05) is 5.32 Å². The van der Waals surface area contributed by atoms with E-state index >= 15 is 0 Å². The molecule has 1 amide bonds. The van der Waals surface area contributed by atoms with E-state index in [1.165, 1.54) is 0 Å². The first kappa shape index (κ1) is 23.7. The van der Waals surface area contributed by atoms with Crippen molar-refractivity contribution in [3.8, 4) is 0 Å². The number of ketones is 1. The molecule has 3 aromatic carbocycles. The number of aromatic nitrogens is 2. The van der Waals surface area contributed by atoms with Gasteiger partial charge in [-0.25, -0.2) is 0 Å². The van der Waals surface area contributed by atoms with E-state index in [9.17, 15) is 9.59 Å². The molecule has 0 bridgehead atoms. The summed E-state index contributed by atoms with van der Waals surface area (Å²) in [5.74, 6) is -0.564. The summed E-state index contributed by atoms with van der Waals surface area (Å²) < 4.78 is 1.80. The van der Waals surface area contributed by atoms with Gasteiger partial charge in [0.05, 0.1) is 39.2 Å². The molecule has 0 atom stereocenters. The molecule has 4 aromatic rings. The molecule has 0 spiro atoms.